The first-order chi connectivity index (χ1) is 12.0. The lowest BCUT2D eigenvalue weighted by molar-refractivity contribution is -0.131. The van der Waals surface area contributed by atoms with Crippen LogP contribution in [-0.2, 0) is 16.9 Å². The van der Waals surface area contributed by atoms with Gasteiger partial charge in [-0.3, -0.25) is 9.69 Å². The zero-order chi connectivity index (χ0) is 18.0. The van der Waals surface area contributed by atoms with Gasteiger partial charge in [0, 0.05) is 0 Å². The van der Waals surface area contributed by atoms with E-state index in [1.807, 2.05) is 24.3 Å². The smallest absolute Gasteiger partial charge is 0.325 e. The number of rotatable bonds is 5. The number of carbonyl (C=O) groups excluding carboxylic acids is 2. The van der Waals surface area contributed by atoms with E-state index < -0.39 is 11.6 Å². The largest absolute Gasteiger partial charge is 0.497 e. The van der Waals surface area contributed by atoms with Crippen LogP contribution in [0.5, 0.6) is 11.5 Å². The van der Waals surface area contributed by atoms with Crippen molar-refractivity contribution >= 4 is 11.9 Å². The van der Waals surface area contributed by atoms with Gasteiger partial charge in [0.15, 0.2) is 0 Å². The lowest BCUT2D eigenvalue weighted by atomic mass is 9.92. The molecule has 1 N–H and O–H groups in total. The molecule has 0 spiro atoms. The number of carbonyl (C=O) groups is 2. The van der Waals surface area contributed by atoms with Crippen LogP contribution < -0.4 is 14.8 Å². The van der Waals surface area contributed by atoms with Crippen molar-refractivity contribution < 1.29 is 19.1 Å². The summed E-state index contributed by atoms with van der Waals surface area (Å²) < 4.78 is 10.4. The monoisotopic (exact) mass is 340 g/mol. The average Bonchev–Trinajstić information content (AvgIpc) is 2.86. The number of hydrogen-bond donors (Lipinski definition) is 1. The molecule has 0 unspecified atom stereocenters. The molecule has 0 saturated carbocycles. The zero-order valence-electron chi connectivity index (χ0n) is 14.4. The highest BCUT2D eigenvalue weighted by Gasteiger charge is 2.49. The minimum atomic E-state index is -1.12. The summed E-state index contributed by atoms with van der Waals surface area (Å²) in [7, 11) is 3.14. The zero-order valence-corrected chi connectivity index (χ0v) is 14.4. The predicted octanol–water partition coefficient (Wildman–Crippen LogP) is 2.67. The predicted molar refractivity (Wildman–Crippen MR) is 92.4 cm³/mol. The van der Waals surface area contributed by atoms with Gasteiger partial charge in [0.25, 0.3) is 5.91 Å². The summed E-state index contributed by atoms with van der Waals surface area (Å²) >= 11 is 0. The molecular weight excluding hydrogens is 320 g/mol. The van der Waals surface area contributed by atoms with E-state index in [1.54, 1.807) is 45.4 Å². The van der Waals surface area contributed by atoms with E-state index in [9.17, 15) is 9.59 Å². The summed E-state index contributed by atoms with van der Waals surface area (Å²) in [5, 5.41) is 2.80. The molecule has 1 fully saturated rings. The van der Waals surface area contributed by atoms with Gasteiger partial charge in [-0.05, 0) is 42.3 Å². The van der Waals surface area contributed by atoms with Crippen LogP contribution in [0.1, 0.15) is 18.1 Å². The second-order valence-corrected chi connectivity index (χ2v) is 6.03. The fourth-order valence-corrected chi connectivity index (χ4v) is 2.92. The van der Waals surface area contributed by atoms with Crippen LogP contribution >= 0.6 is 0 Å². The molecule has 130 valence electrons. The molecule has 0 aromatic heterocycles. The average molecular weight is 340 g/mol. The molecule has 25 heavy (non-hydrogen) atoms. The standard InChI is InChI=1S/C19H20N2O4/c1-19(14-7-5-9-16(11-14)25-3)17(22)21(18(23)20-19)12-13-6-4-8-15(10-13)24-2/h4-11H,12H2,1-3H3,(H,20,23)/t19-/m0/s1. The maximum Gasteiger partial charge on any atom is 0.325 e. The number of ether oxygens (including phenoxy) is 2. The van der Waals surface area contributed by atoms with Crippen LogP contribution in [0.4, 0.5) is 4.79 Å². The molecule has 0 radical (unpaired) electrons. The highest BCUT2D eigenvalue weighted by Crippen LogP contribution is 2.31. The van der Waals surface area contributed by atoms with Crippen molar-refractivity contribution in [2.75, 3.05) is 14.2 Å². The summed E-state index contributed by atoms with van der Waals surface area (Å²) in [6, 6.07) is 14.0. The molecule has 1 heterocycles. The van der Waals surface area contributed by atoms with Gasteiger partial charge in [0.1, 0.15) is 17.0 Å². The Balaban J connectivity index is 1.88. The third-order valence-electron chi connectivity index (χ3n) is 4.40. The molecular formula is C19H20N2O4. The van der Waals surface area contributed by atoms with Crippen molar-refractivity contribution in [3.8, 4) is 11.5 Å². The summed E-state index contributed by atoms with van der Waals surface area (Å²) in [4.78, 5) is 26.6. The van der Waals surface area contributed by atoms with Gasteiger partial charge in [-0.1, -0.05) is 24.3 Å². The van der Waals surface area contributed by atoms with Gasteiger partial charge in [-0.15, -0.1) is 0 Å². The molecule has 1 aliphatic rings. The van der Waals surface area contributed by atoms with E-state index in [0.29, 0.717) is 17.1 Å². The summed E-state index contributed by atoms with van der Waals surface area (Å²) in [5.41, 5.74) is 0.376. The third kappa shape index (κ3) is 3.03. The van der Waals surface area contributed by atoms with Crippen LogP contribution in [-0.4, -0.2) is 31.1 Å². The summed E-state index contributed by atoms with van der Waals surface area (Å²) in [6.07, 6.45) is 0. The molecule has 6 nitrogen and oxygen atoms in total. The molecule has 0 aliphatic carbocycles. The Kier molecular flexibility index (Phi) is 4.35. The SMILES string of the molecule is COc1cccc(CN2C(=O)N[C@@](C)(c3cccc(OC)c3)C2=O)c1. The molecule has 3 rings (SSSR count). The first kappa shape index (κ1) is 16.8. The molecule has 6 heteroatoms. The number of benzene rings is 2. The van der Waals surface area contributed by atoms with Gasteiger partial charge < -0.3 is 14.8 Å². The maximum atomic E-state index is 13.0. The Hall–Kier alpha value is -3.02. The lowest BCUT2D eigenvalue weighted by Crippen LogP contribution is -2.40. The van der Waals surface area contributed by atoms with Crippen molar-refractivity contribution in [1.82, 2.24) is 10.2 Å². The summed E-state index contributed by atoms with van der Waals surface area (Å²) in [6.45, 7) is 1.88. The molecule has 1 saturated heterocycles. The van der Waals surface area contributed by atoms with Crippen LogP contribution in [0.2, 0.25) is 0 Å². The highest BCUT2D eigenvalue weighted by atomic mass is 16.5. The van der Waals surface area contributed by atoms with Crippen LogP contribution in [0.25, 0.3) is 0 Å². The fourth-order valence-electron chi connectivity index (χ4n) is 2.92. The van der Waals surface area contributed by atoms with Gasteiger partial charge in [0.05, 0.1) is 20.8 Å². The van der Waals surface area contributed by atoms with Gasteiger partial charge in [0.2, 0.25) is 0 Å². The second kappa shape index (κ2) is 6.47. The van der Waals surface area contributed by atoms with Crippen LogP contribution in [0.15, 0.2) is 48.5 Å². The molecule has 1 aliphatic heterocycles. The number of methoxy groups -OCH3 is 2. The molecule has 2 aromatic rings. The molecule has 1 atom stereocenters. The van der Waals surface area contributed by atoms with E-state index in [0.717, 1.165) is 5.56 Å². The van der Waals surface area contributed by atoms with Gasteiger partial charge in [-0.25, -0.2) is 4.79 Å². The molecule has 2 aromatic carbocycles. The van der Waals surface area contributed by atoms with Gasteiger partial charge >= 0.3 is 6.03 Å². The topological polar surface area (TPSA) is 67.9 Å². The fraction of sp³-hybridized carbons (Fsp3) is 0.263. The van der Waals surface area contributed by atoms with Crippen molar-refractivity contribution in [2.45, 2.75) is 19.0 Å². The third-order valence-corrected chi connectivity index (χ3v) is 4.40. The Morgan fingerprint density at radius 3 is 2.32 bits per heavy atom. The Bertz CT molecular complexity index is 821. The van der Waals surface area contributed by atoms with E-state index in [-0.39, 0.29) is 12.5 Å². The number of imide groups is 1. The number of nitrogens with zero attached hydrogens (tertiary/aromatic N) is 1. The highest BCUT2D eigenvalue weighted by molar-refractivity contribution is 6.07. The lowest BCUT2D eigenvalue weighted by Gasteiger charge is -2.22. The normalized spacial score (nSPS) is 19.7. The molecule has 0 bridgehead atoms. The van der Waals surface area contributed by atoms with Crippen molar-refractivity contribution in [3.63, 3.8) is 0 Å². The van der Waals surface area contributed by atoms with Crippen molar-refractivity contribution in [1.29, 1.82) is 0 Å². The maximum absolute atomic E-state index is 13.0. The van der Waals surface area contributed by atoms with Crippen LogP contribution in [0.3, 0.4) is 0 Å². The van der Waals surface area contributed by atoms with E-state index in [4.69, 9.17) is 9.47 Å². The van der Waals surface area contributed by atoms with E-state index >= 15 is 0 Å². The minimum Gasteiger partial charge on any atom is -0.497 e. The quantitative estimate of drug-likeness (QED) is 0.850. The number of hydrogen-bond acceptors (Lipinski definition) is 4. The Labute approximate surface area is 146 Å². The summed E-state index contributed by atoms with van der Waals surface area (Å²) in [5.74, 6) is 1.01. The first-order valence-electron chi connectivity index (χ1n) is 7.89. The molecule has 3 amide bonds. The number of urea groups is 1. The van der Waals surface area contributed by atoms with Crippen molar-refractivity contribution in [2.24, 2.45) is 0 Å². The first-order valence-corrected chi connectivity index (χ1v) is 7.89. The van der Waals surface area contributed by atoms with E-state index in [2.05, 4.69) is 5.32 Å². The number of amides is 3. The van der Waals surface area contributed by atoms with Crippen molar-refractivity contribution in [3.05, 3.63) is 59.7 Å². The Morgan fingerprint density at radius 2 is 1.64 bits per heavy atom. The second-order valence-electron chi connectivity index (χ2n) is 6.03. The van der Waals surface area contributed by atoms with E-state index in [1.165, 1.54) is 4.90 Å². The van der Waals surface area contributed by atoms with Crippen LogP contribution in [0, 0.1) is 0 Å². The minimum absolute atomic E-state index is 0.182. The number of nitrogens with one attached hydrogen (secondary N) is 1. The van der Waals surface area contributed by atoms with Gasteiger partial charge in [-0.2, -0.15) is 0 Å². The Morgan fingerprint density at radius 1 is 1.00 bits per heavy atom.